The maximum atomic E-state index is 12.6. The van der Waals surface area contributed by atoms with E-state index in [1.807, 2.05) is 56.5 Å². The molecule has 0 atom stereocenters. The highest BCUT2D eigenvalue weighted by atomic mass is 35.5. The van der Waals surface area contributed by atoms with Crippen molar-refractivity contribution in [2.24, 2.45) is 5.92 Å². The van der Waals surface area contributed by atoms with Crippen LogP contribution in [0.5, 0.6) is 0 Å². The highest BCUT2D eigenvalue weighted by molar-refractivity contribution is 6.30. The van der Waals surface area contributed by atoms with Crippen LogP contribution in [0.25, 0.3) is 16.8 Å². The second-order valence-corrected chi connectivity index (χ2v) is 9.72. The second kappa shape index (κ2) is 10.7. The number of rotatable bonds is 8. The number of halogens is 1. The third kappa shape index (κ3) is 5.53. The molecule has 1 saturated heterocycles. The van der Waals surface area contributed by atoms with Gasteiger partial charge in [0.1, 0.15) is 5.82 Å². The molecule has 1 fully saturated rings. The van der Waals surface area contributed by atoms with Crippen LogP contribution in [0.15, 0.2) is 30.3 Å². The summed E-state index contributed by atoms with van der Waals surface area (Å²) in [4.78, 5) is 19.8. The number of hydrogen-bond acceptors (Lipinski definition) is 5. The lowest BCUT2D eigenvalue weighted by atomic mass is 9.96. The van der Waals surface area contributed by atoms with Gasteiger partial charge in [0.25, 0.3) is 0 Å². The van der Waals surface area contributed by atoms with E-state index >= 15 is 0 Å². The third-order valence-electron chi connectivity index (χ3n) is 6.27. The number of nitrogens with zero attached hydrogens (tertiary/aromatic N) is 4. The van der Waals surface area contributed by atoms with Gasteiger partial charge in [-0.25, -0.2) is 4.98 Å². The monoisotopic (exact) mass is 483 g/mol. The fourth-order valence-electron chi connectivity index (χ4n) is 4.52. The topological polar surface area (TPSA) is 71.8 Å². The normalized spacial score (nSPS) is 14.8. The number of hydrogen-bond donors (Lipinski definition) is 1. The Kier molecular flexibility index (Phi) is 7.73. The minimum absolute atomic E-state index is 0.0460. The molecule has 7 nitrogen and oxygen atoms in total. The minimum Gasteiger partial charge on any atom is -0.379 e. The van der Waals surface area contributed by atoms with Crippen molar-refractivity contribution >= 4 is 29.0 Å². The Bertz CT molecular complexity index is 1130. The van der Waals surface area contributed by atoms with Gasteiger partial charge in [-0.05, 0) is 64.7 Å². The Balaban J connectivity index is 1.45. The van der Waals surface area contributed by atoms with Crippen LogP contribution in [-0.2, 0) is 9.53 Å². The summed E-state index contributed by atoms with van der Waals surface area (Å²) in [5.74, 6) is 1.22. The molecule has 0 aliphatic carbocycles. The Morgan fingerprint density at radius 1 is 1.21 bits per heavy atom. The standard InChI is InChI=1S/C26H34ClN5O2/c1-17(2)34-15-5-12-28-26(33)21-10-13-31(14-11-21)23-16-18(3)29-25-24(19(4)30-32(23)25)20-6-8-22(27)9-7-20/h6-9,16-17,21H,5,10-15H2,1-4H3,(H,28,33). The molecule has 1 aliphatic heterocycles. The van der Waals surface area contributed by atoms with Crippen LogP contribution < -0.4 is 10.2 Å². The van der Waals surface area contributed by atoms with Crippen LogP contribution in [0.2, 0.25) is 5.02 Å². The fraction of sp³-hybridized carbons (Fsp3) is 0.500. The van der Waals surface area contributed by atoms with Crippen molar-refractivity contribution < 1.29 is 9.53 Å². The quantitative estimate of drug-likeness (QED) is 0.465. The number of ether oxygens (including phenoxy) is 1. The lowest BCUT2D eigenvalue weighted by Gasteiger charge is -2.33. The number of piperidine rings is 1. The molecule has 182 valence electrons. The van der Waals surface area contributed by atoms with Crippen molar-refractivity contribution in [2.75, 3.05) is 31.1 Å². The number of carbonyl (C=O) groups is 1. The van der Waals surface area contributed by atoms with Crippen molar-refractivity contribution in [1.82, 2.24) is 19.9 Å². The van der Waals surface area contributed by atoms with Crippen molar-refractivity contribution in [3.63, 3.8) is 0 Å². The molecule has 2 aromatic heterocycles. The van der Waals surface area contributed by atoms with Gasteiger partial charge in [0.05, 0.1) is 11.8 Å². The second-order valence-electron chi connectivity index (χ2n) is 9.28. The lowest BCUT2D eigenvalue weighted by Crippen LogP contribution is -2.41. The number of carbonyl (C=O) groups excluding carboxylic acids is 1. The van der Waals surface area contributed by atoms with Gasteiger partial charge in [-0.3, -0.25) is 4.79 Å². The van der Waals surface area contributed by atoms with E-state index < -0.39 is 0 Å². The number of amides is 1. The van der Waals surface area contributed by atoms with Crippen molar-refractivity contribution in [3.05, 3.63) is 46.7 Å². The summed E-state index contributed by atoms with van der Waals surface area (Å²) in [5.41, 5.74) is 4.80. The molecule has 1 aromatic carbocycles. The average molecular weight is 484 g/mol. The van der Waals surface area contributed by atoms with Crippen LogP contribution in [0, 0.1) is 19.8 Å². The van der Waals surface area contributed by atoms with Crippen LogP contribution in [0.4, 0.5) is 5.82 Å². The molecule has 0 radical (unpaired) electrons. The first-order valence-electron chi connectivity index (χ1n) is 12.1. The van der Waals surface area contributed by atoms with Gasteiger partial charge < -0.3 is 15.0 Å². The lowest BCUT2D eigenvalue weighted by molar-refractivity contribution is -0.125. The Labute approximate surface area is 206 Å². The van der Waals surface area contributed by atoms with Crippen LogP contribution >= 0.6 is 11.6 Å². The highest BCUT2D eigenvalue weighted by Gasteiger charge is 2.27. The SMILES string of the molecule is Cc1cc(N2CCC(C(=O)NCCCOC(C)C)CC2)n2nc(C)c(-c3ccc(Cl)cc3)c2n1. The summed E-state index contributed by atoms with van der Waals surface area (Å²) in [6, 6.07) is 9.89. The smallest absolute Gasteiger partial charge is 0.223 e. The van der Waals surface area contributed by atoms with E-state index in [0.717, 1.165) is 66.3 Å². The van der Waals surface area contributed by atoms with E-state index in [0.29, 0.717) is 18.2 Å². The number of aryl methyl sites for hydroxylation is 2. The molecule has 1 amide bonds. The van der Waals surface area contributed by atoms with Gasteiger partial charge in [-0.15, -0.1) is 0 Å². The number of benzene rings is 1. The molecule has 0 spiro atoms. The number of anilines is 1. The number of fused-ring (bicyclic) bond motifs is 1. The summed E-state index contributed by atoms with van der Waals surface area (Å²) in [6.45, 7) is 11.0. The molecule has 1 N–H and O–H groups in total. The zero-order chi connectivity index (χ0) is 24.2. The van der Waals surface area contributed by atoms with E-state index in [1.54, 1.807) is 0 Å². The van der Waals surface area contributed by atoms with E-state index in [1.165, 1.54) is 0 Å². The van der Waals surface area contributed by atoms with Crippen LogP contribution in [-0.4, -0.2) is 52.9 Å². The van der Waals surface area contributed by atoms with Gasteiger partial charge in [-0.1, -0.05) is 23.7 Å². The molecule has 8 heteroatoms. The van der Waals surface area contributed by atoms with Crippen LogP contribution in [0.1, 0.15) is 44.5 Å². The molecule has 1 aliphatic rings. The van der Waals surface area contributed by atoms with E-state index in [9.17, 15) is 4.79 Å². The van der Waals surface area contributed by atoms with Gasteiger partial charge in [0, 0.05) is 54.5 Å². The summed E-state index contributed by atoms with van der Waals surface area (Å²) in [5, 5.41) is 8.63. The summed E-state index contributed by atoms with van der Waals surface area (Å²) in [6.07, 6.45) is 2.71. The van der Waals surface area contributed by atoms with Crippen molar-refractivity contribution in [1.29, 1.82) is 0 Å². The average Bonchev–Trinajstić information content (AvgIpc) is 3.14. The summed E-state index contributed by atoms with van der Waals surface area (Å²) in [7, 11) is 0. The largest absolute Gasteiger partial charge is 0.379 e. The van der Waals surface area contributed by atoms with Gasteiger partial charge in [-0.2, -0.15) is 9.61 Å². The van der Waals surface area contributed by atoms with E-state index in [4.69, 9.17) is 26.4 Å². The van der Waals surface area contributed by atoms with Crippen molar-refractivity contribution in [2.45, 2.75) is 53.1 Å². The maximum absolute atomic E-state index is 12.6. The predicted octanol–water partition coefficient (Wildman–Crippen LogP) is 4.81. The first-order chi connectivity index (χ1) is 16.3. The zero-order valence-corrected chi connectivity index (χ0v) is 21.2. The summed E-state index contributed by atoms with van der Waals surface area (Å²) < 4.78 is 7.49. The molecular weight excluding hydrogens is 450 g/mol. The molecular formula is C26H34ClN5O2. The Hall–Kier alpha value is -2.64. The highest BCUT2D eigenvalue weighted by Crippen LogP contribution is 2.32. The van der Waals surface area contributed by atoms with Crippen molar-refractivity contribution in [3.8, 4) is 11.1 Å². The van der Waals surface area contributed by atoms with E-state index in [2.05, 4.69) is 16.3 Å². The molecule has 0 bridgehead atoms. The third-order valence-corrected chi connectivity index (χ3v) is 6.52. The Morgan fingerprint density at radius 3 is 2.59 bits per heavy atom. The first-order valence-corrected chi connectivity index (χ1v) is 12.5. The maximum Gasteiger partial charge on any atom is 0.223 e. The minimum atomic E-state index is 0.0460. The fourth-order valence-corrected chi connectivity index (χ4v) is 4.65. The van der Waals surface area contributed by atoms with E-state index in [-0.39, 0.29) is 17.9 Å². The summed E-state index contributed by atoms with van der Waals surface area (Å²) >= 11 is 6.09. The molecule has 0 saturated carbocycles. The van der Waals surface area contributed by atoms with Gasteiger partial charge >= 0.3 is 0 Å². The predicted molar refractivity (Wildman–Crippen MR) is 137 cm³/mol. The first kappa shape index (κ1) is 24.5. The molecule has 3 heterocycles. The molecule has 3 aromatic rings. The van der Waals surface area contributed by atoms with Gasteiger partial charge in [0.15, 0.2) is 5.65 Å². The molecule has 0 unspecified atom stereocenters. The zero-order valence-electron chi connectivity index (χ0n) is 20.5. The Morgan fingerprint density at radius 2 is 1.91 bits per heavy atom. The van der Waals surface area contributed by atoms with Crippen LogP contribution in [0.3, 0.4) is 0 Å². The van der Waals surface area contributed by atoms with Gasteiger partial charge in [0.2, 0.25) is 5.91 Å². The number of nitrogens with one attached hydrogen (secondary N) is 1. The molecule has 34 heavy (non-hydrogen) atoms. The molecule has 4 rings (SSSR count). The number of aromatic nitrogens is 3.